The number of benzene rings is 2. The molecule has 0 bridgehead atoms. The first-order chi connectivity index (χ1) is 9.02. The van der Waals surface area contributed by atoms with E-state index in [1.807, 2.05) is 0 Å². The van der Waals surface area contributed by atoms with Crippen molar-refractivity contribution < 1.29 is 9.84 Å². The van der Waals surface area contributed by atoms with Crippen LogP contribution in [-0.2, 0) is 0 Å². The molecule has 0 fully saturated rings. The van der Waals surface area contributed by atoms with Gasteiger partial charge in [-0.2, -0.15) is 0 Å². The molecule has 100 valence electrons. The maximum absolute atomic E-state index is 10.3. The number of rotatable bonds is 3. The number of halogens is 3. The van der Waals surface area contributed by atoms with Crippen molar-refractivity contribution in [3.8, 4) is 5.75 Å². The van der Waals surface area contributed by atoms with Crippen molar-refractivity contribution >= 4 is 39.1 Å². The van der Waals surface area contributed by atoms with Crippen LogP contribution in [0.15, 0.2) is 40.9 Å². The molecule has 0 aliphatic carbocycles. The van der Waals surface area contributed by atoms with Crippen LogP contribution in [0.1, 0.15) is 17.2 Å². The second-order valence-corrected chi connectivity index (χ2v) is 5.64. The van der Waals surface area contributed by atoms with Gasteiger partial charge in [0.2, 0.25) is 0 Å². The van der Waals surface area contributed by atoms with Gasteiger partial charge in [0.15, 0.2) is 0 Å². The van der Waals surface area contributed by atoms with E-state index in [4.69, 9.17) is 27.9 Å². The second-order valence-electron chi connectivity index (χ2n) is 3.97. The van der Waals surface area contributed by atoms with Crippen molar-refractivity contribution in [2.45, 2.75) is 6.10 Å². The number of hydrogen-bond acceptors (Lipinski definition) is 2. The summed E-state index contributed by atoms with van der Waals surface area (Å²) in [6.07, 6.45) is -0.767. The first kappa shape index (κ1) is 14.7. The topological polar surface area (TPSA) is 29.5 Å². The number of aliphatic hydroxyl groups excluding tert-OH is 1. The Morgan fingerprint density at radius 2 is 1.68 bits per heavy atom. The lowest BCUT2D eigenvalue weighted by atomic mass is 10.0. The normalized spacial score (nSPS) is 12.3. The Balaban J connectivity index is 2.35. The van der Waals surface area contributed by atoms with Crippen LogP contribution in [0.2, 0.25) is 10.0 Å². The van der Waals surface area contributed by atoms with E-state index in [2.05, 4.69) is 15.9 Å². The molecule has 2 aromatic rings. The van der Waals surface area contributed by atoms with E-state index in [9.17, 15) is 5.11 Å². The largest absolute Gasteiger partial charge is 0.495 e. The van der Waals surface area contributed by atoms with Gasteiger partial charge in [-0.15, -0.1) is 0 Å². The van der Waals surface area contributed by atoms with E-state index in [0.717, 1.165) is 10.0 Å². The number of aliphatic hydroxyl groups is 1. The maximum atomic E-state index is 10.3. The fraction of sp³-hybridized carbons (Fsp3) is 0.143. The third-order valence-corrected chi connectivity index (χ3v) is 4.26. The van der Waals surface area contributed by atoms with Gasteiger partial charge in [0.25, 0.3) is 0 Å². The van der Waals surface area contributed by atoms with Crippen LogP contribution in [0.3, 0.4) is 0 Å². The number of ether oxygens (including phenoxy) is 1. The highest BCUT2D eigenvalue weighted by atomic mass is 79.9. The van der Waals surface area contributed by atoms with Crippen LogP contribution >= 0.6 is 39.1 Å². The zero-order valence-corrected chi connectivity index (χ0v) is 13.1. The lowest BCUT2D eigenvalue weighted by Gasteiger charge is -2.14. The number of methoxy groups -OCH3 is 1. The monoisotopic (exact) mass is 360 g/mol. The van der Waals surface area contributed by atoms with Gasteiger partial charge in [0.05, 0.1) is 17.2 Å². The van der Waals surface area contributed by atoms with E-state index in [0.29, 0.717) is 21.4 Å². The highest BCUT2D eigenvalue weighted by Crippen LogP contribution is 2.32. The molecule has 1 N–H and O–H groups in total. The summed E-state index contributed by atoms with van der Waals surface area (Å²) < 4.78 is 5.82. The SMILES string of the molecule is COc1ccc(C(O)c2ccc(Cl)c(Br)c2)cc1Cl. The van der Waals surface area contributed by atoms with E-state index >= 15 is 0 Å². The van der Waals surface area contributed by atoms with Crippen LogP contribution in [0.4, 0.5) is 0 Å². The fourth-order valence-electron chi connectivity index (χ4n) is 1.73. The van der Waals surface area contributed by atoms with Crippen molar-refractivity contribution in [3.63, 3.8) is 0 Å². The molecule has 2 nitrogen and oxygen atoms in total. The molecule has 0 spiro atoms. The van der Waals surface area contributed by atoms with Crippen molar-refractivity contribution in [1.29, 1.82) is 0 Å². The van der Waals surface area contributed by atoms with Crippen LogP contribution in [0, 0.1) is 0 Å². The van der Waals surface area contributed by atoms with Crippen LogP contribution in [-0.4, -0.2) is 12.2 Å². The molecule has 0 saturated carbocycles. The summed E-state index contributed by atoms with van der Waals surface area (Å²) in [4.78, 5) is 0. The zero-order chi connectivity index (χ0) is 14.0. The van der Waals surface area contributed by atoms with E-state index in [1.165, 1.54) is 0 Å². The lowest BCUT2D eigenvalue weighted by molar-refractivity contribution is 0.220. The van der Waals surface area contributed by atoms with Gasteiger partial charge in [-0.05, 0) is 51.3 Å². The van der Waals surface area contributed by atoms with Crippen molar-refractivity contribution in [1.82, 2.24) is 0 Å². The Hall–Kier alpha value is -0.740. The lowest BCUT2D eigenvalue weighted by Crippen LogP contribution is -2.00. The molecule has 1 atom stereocenters. The minimum absolute atomic E-state index is 0.465. The maximum Gasteiger partial charge on any atom is 0.137 e. The van der Waals surface area contributed by atoms with Crippen molar-refractivity contribution in [2.75, 3.05) is 7.11 Å². The molecule has 1 unspecified atom stereocenters. The minimum Gasteiger partial charge on any atom is -0.495 e. The smallest absolute Gasteiger partial charge is 0.137 e. The Morgan fingerprint density at radius 3 is 2.26 bits per heavy atom. The summed E-state index contributed by atoms with van der Waals surface area (Å²) >= 11 is 15.3. The predicted molar refractivity (Wildman–Crippen MR) is 81.2 cm³/mol. The Morgan fingerprint density at radius 1 is 1.05 bits per heavy atom. The Bertz CT molecular complexity index is 602. The third-order valence-electron chi connectivity index (χ3n) is 2.75. The first-order valence-corrected chi connectivity index (χ1v) is 7.04. The first-order valence-electron chi connectivity index (χ1n) is 5.49. The van der Waals surface area contributed by atoms with E-state index < -0.39 is 6.10 Å². The van der Waals surface area contributed by atoms with Crippen molar-refractivity contribution in [3.05, 3.63) is 62.0 Å². The Labute approximate surface area is 130 Å². The van der Waals surface area contributed by atoms with Crippen LogP contribution in [0.25, 0.3) is 0 Å². The van der Waals surface area contributed by atoms with Gasteiger partial charge >= 0.3 is 0 Å². The zero-order valence-electron chi connectivity index (χ0n) is 10.0. The highest BCUT2D eigenvalue weighted by Gasteiger charge is 2.13. The summed E-state index contributed by atoms with van der Waals surface area (Å²) in [5.74, 6) is 0.579. The van der Waals surface area contributed by atoms with Crippen molar-refractivity contribution in [2.24, 2.45) is 0 Å². The molecule has 0 aliphatic heterocycles. The van der Waals surface area contributed by atoms with Gasteiger partial charge in [-0.25, -0.2) is 0 Å². The molecular weight excluding hydrogens is 351 g/mol. The molecule has 19 heavy (non-hydrogen) atoms. The van der Waals surface area contributed by atoms with Gasteiger partial charge < -0.3 is 9.84 Å². The molecule has 2 rings (SSSR count). The van der Waals surface area contributed by atoms with E-state index in [-0.39, 0.29) is 0 Å². The summed E-state index contributed by atoms with van der Waals surface area (Å²) in [5.41, 5.74) is 1.43. The quantitative estimate of drug-likeness (QED) is 0.846. The average Bonchev–Trinajstić information content (AvgIpc) is 2.41. The molecule has 0 radical (unpaired) electrons. The summed E-state index contributed by atoms with van der Waals surface area (Å²) in [6, 6.07) is 10.5. The predicted octanol–water partition coefficient (Wildman–Crippen LogP) is 4.85. The summed E-state index contributed by atoms with van der Waals surface area (Å²) in [6.45, 7) is 0. The molecule has 0 aliphatic rings. The fourth-order valence-corrected chi connectivity index (χ4v) is 2.51. The second kappa shape index (κ2) is 6.14. The molecule has 2 aromatic carbocycles. The molecule has 0 heterocycles. The molecule has 5 heteroatoms. The van der Waals surface area contributed by atoms with E-state index in [1.54, 1.807) is 43.5 Å². The standard InChI is InChI=1S/C14H11BrCl2O2/c1-19-13-5-3-9(7-12(13)17)14(18)8-2-4-11(16)10(15)6-8/h2-7,14,18H,1H3. The van der Waals surface area contributed by atoms with Crippen LogP contribution in [0.5, 0.6) is 5.75 Å². The summed E-state index contributed by atoms with van der Waals surface area (Å²) in [5, 5.41) is 11.4. The Kier molecular flexibility index (Phi) is 4.74. The van der Waals surface area contributed by atoms with Crippen LogP contribution < -0.4 is 4.74 Å². The summed E-state index contributed by atoms with van der Waals surface area (Å²) in [7, 11) is 1.55. The van der Waals surface area contributed by atoms with Gasteiger partial charge in [0.1, 0.15) is 11.9 Å². The molecule has 0 saturated heterocycles. The molecule has 0 aromatic heterocycles. The van der Waals surface area contributed by atoms with Gasteiger partial charge in [0, 0.05) is 4.47 Å². The third kappa shape index (κ3) is 3.23. The number of hydrogen-bond donors (Lipinski definition) is 1. The minimum atomic E-state index is -0.767. The average molecular weight is 362 g/mol. The molecular formula is C14H11BrCl2O2. The molecule has 0 amide bonds. The van der Waals surface area contributed by atoms with Gasteiger partial charge in [-0.3, -0.25) is 0 Å². The highest BCUT2D eigenvalue weighted by molar-refractivity contribution is 9.10. The van der Waals surface area contributed by atoms with Gasteiger partial charge in [-0.1, -0.05) is 35.3 Å².